The van der Waals surface area contributed by atoms with Gasteiger partial charge < -0.3 is 10.4 Å². The van der Waals surface area contributed by atoms with Crippen LogP contribution in [0.4, 0.5) is 18.9 Å². The van der Waals surface area contributed by atoms with Crippen LogP contribution < -0.4 is 5.32 Å². The van der Waals surface area contributed by atoms with Crippen molar-refractivity contribution >= 4 is 21.6 Å². The molecule has 6 heteroatoms. The number of halogens is 4. The minimum absolute atomic E-state index is 0.177. The summed E-state index contributed by atoms with van der Waals surface area (Å²) in [6.07, 6.45) is -1.46. The van der Waals surface area contributed by atoms with E-state index in [-0.39, 0.29) is 6.04 Å². The molecule has 106 valence electrons. The summed E-state index contributed by atoms with van der Waals surface area (Å²) in [6, 6.07) is 3.54. The first-order valence-corrected chi connectivity index (χ1v) is 6.98. The molecule has 2 N–H and O–H groups in total. The number of anilines is 1. The lowest BCUT2D eigenvalue weighted by Gasteiger charge is -2.29. The lowest BCUT2D eigenvalue weighted by molar-refractivity contribution is -0.137. The van der Waals surface area contributed by atoms with Gasteiger partial charge in [0.15, 0.2) is 0 Å². The van der Waals surface area contributed by atoms with E-state index in [1.165, 1.54) is 0 Å². The third kappa shape index (κ3) is 3.86. The summed E-state index contributed by atoms with van der Waals surface area (Å²) in [7, 11) is 0. The number of aliphatic hydroxyl groups excluding tert-OH is 1. The minimum atomic E-state index is -4.37. The molecule has 0 unspecified atom stereocenters. The van der Waals surface area contributed by atoms with Gasteiger partial charge in [0.25, 0.3) is 0 Å². The van der Waals surface area contributed by atoms with Gasteiger partial charge in [0.05, 0.1) is 17.7 Å². The van der Waals surface area contributed by atoms with Crippen molar-refractivity contribution < 1.29 is 18.3 Å². The van der Waals surface area contributed by atoms with Crippen LogP contribution in [0, 0.1) is 0 Å². The van der Waals surface area contributed by atoms with Gasteiger partial charge in [-0.05, 0) is 31.0 Å². The smallest absolute Gasteiger partial charge is 0.391 e. The van der Waals surface area contributed by atoms with Crippen molar-refractivity contribution in [2.24, 2.45) is 0 Å². The molecule has 0 amide bonds. The topological polar surface area (TPSA) is 32.3 Å². The number of alkyl halides is 3. The Morgan fingerprint density at radius 1 is 1.16 bits per heavy atom. The molecule has 2 atom stereocenters. The molecule has 2 rings (SSSR count). The standard InChI is InChI=1S/C13H15BrF3NO/c14-9-5-8(13(15,16)17)6-10(7-9)18-11-3-1-2-4-12(11)19/h5-7,11-12,18-19H,1-4H2/t11-,12-/m1/s1. The molecule has 2 nitrogen and oxygen atoms in total. The van der Waals surface area contributed by atoms with Crippen molar-refractivity contribution in [1.29, 1.82) is 0 Å². The maximum absolute atomic E-state index is 12.7. The molecule has 1 aromatic carbocycles. The third-order valence-electron chi connectivity index (χ3n) is 3.31. The summed E-state index contributed by atoms with van der Waals surface area (Å²) >= 11 is 3.08. The van der Waals surface area contributed by atoms with Gasteiger partial charge in [-0.1, -0.05) is 28.8 Å². The van der Waals surface area contributed by atoms with Crippen LogP contribution in [-0.4, -0.2) is 17.3 Å². The molecule has 1 aliphatic carbocycles. The molecule has 19 heavy (non-hydrogen) atoms. The fourth-order valence-corrected chi connectivity index (χ4v) is 2.82. The molecule has 1 fully saturated rings. The van der Waals surface area contributed by atoms with E-state index in [0.29, 0.717) is 16.6 Å². The third-order valence-corrected chi connectivity index (χ3v) is 3.76. The number of benzene rings is 1. The summed E-state index contributed by atoms with van der Waals surface area (Å²) in [5, 5.41) is 12.8. The Labute approximate surface area is 118 Å². The summed E-state index contributed by atoms with van der Waals surface area (Å²) < 4.78 is 38.5. The van der Waals surface area contributed by atoms with Gasteiger partial charge >= 0.3 is 6.18 Å². The van der Waals surface area contributed by atoms with E-state index in [0.717, 1.165) is 31.4 Å². The van der Waals surface area contributed by atoms with E-state index in [1.807, 2.05) is 0 Å². The van der Waals surface area contributed by atoms with Gasteiger partial charge in [-0.2, -0.15) is 13.2 Å². The molecule has 0 spiro atoms. The molecule has 0 heterocycles. The summed E-state index contributed by atoms with van der Waals surface area (Å²) in [5.41, 5.74) is -0.317. The lowest BCUT2D eigenvalue weighted by Crippen LogP contribution is -2.36. The zero-order valence-corrected chi connectivity index (χ0v) is 11.8. The molecule has 0 aromatic heterocycles. The molecular formula is C13H15BrF3NO. The molecule has 0 aliphatic heterocycles. The van der Waals surface area contributed by atoms with Crippen molar-refractivity contribution in [3.8, 4) is 0 Å². The van der Waals surface area contributed by atoms with Crippen LogP contribution in [0.15, 0.2) is 22.7 Å². The van der Waals surface area contributed by atoms with E-state index in [1.54, 1.807) is 6.07 Å². The first-order chi connectivity index (χ1) is 8.86. The SMILES string of the molecule is O[C@@H]1CCCC[C@H]1Nc1cc(Br)cc(C(F)(F)F)c1. The Morgan fingerprint density at radius 2 is 1.84 bits per heavy atom. The normalized spacial score (nSPS) is 24.3. The van der Waals surface area contributed by atoms with Crippen LogP contribution in [0.2, 0.25) is 0 Å². The lowest BCUT2D eigenvalue weighted by atomic mass is 9.92. The van der Waals surface area contributed by atoms with Crippen LogP contribution in [0.5, 0.6) is 0 Å². The van der Waals surface area contributed by atoms with Crippen molar-refractivity contribution in [1.82, 2.24) is 0 Å². The number of nitrogens with one attached hydrogen (secondary N) is 1. The Morgan fingerprint density at radius 3 is 2.47 bits per heavy atom. The maximum Gasteiger partial charge on any atom is 0.416 e. The zero-order chi connectivity index (χ0) is 14.0. The average molecular weight is 338 g/mol. The van der Waals surface area contributed by atoms with Crippen LogP contribution in [0.1, 0.15) is 31.2 Å². The van der Waals surface area contributed by atoms with Gasteiger partial charge in [-0.15, -0.1) is 0 Å². The Kier molecular flexibility index (Phi) is 4.40. The molecule has 1 aliphatic rings. The molecule has 0 bridgehead atoms. The van der Waals surface area contributed by atoms with Crippen molar-refractivity contribution in [2.75, 3.05) is 5.32 Å². The van der Waals surface area contributed by atoms with E-state index in [4.69, 9.17) is 0 Å². The summed E-state index contributed by atoms with van der Waals surface area (Å²) in [5.74, 6) is 0. The summed E-state index contributed by atoms with van der Waals surface area (Å²) in [6.45, 7) is 0. The van der Waals surface area contributed by atoms with Gasteiger partial charge in [-0.25, -0.2) is 0 Å². The Balaban J connectivity index is 2.18. The quantitative estimate of drug-likeness (QED) is 0.848. The van der Waals surface area contributed by atoms with Gasteiger partial charge in [-0.3, -0.25) is 0 Å². The number of rotatable bonds is 2. The highest BCUT2D eigenvalue weighted by atomic mass is 79.9. The first-order valence-electron chi connectivity index (χ1n) is 6.18. The largest absolute Gasteiger partial charge is 0.416 e. The number of aliphatic hydroxyl groups is 1. The fraction of sp³-hybridized carbons (Fsp3) is 0.538. The highest BCUT2D eigenvalue weighted by molar-refractivity contribution is 9.10. The molecular weight excluding hydrogens is 323 g/mol. The maximum atomic E-state index is 12.7. The van der Waals surface area contributed by atoms with E-state index in [2.05, 4.69) is 21.2 Å². The van der Waals surface area contributed by atoms with Crippen molar-refractivity contribution in [2.45, 2.75) is 44.0 Å². The van der Waals surface area contributed by atoms with Crippen LogP contribution in [0.3, 0.4) is 0 Å². The predicted octanol–water partition coefficient (Wildman–Crippen LogP) is 4.18. The first kappa shape index (κ1) is 14.7. The monoisotopic (exact) mass is 337 g/mol. The van der Waals surface area contributed by atoms with Gasteiger partial charge in [0, 0.05) is 10.2 Å². The fourth-order valence-electron chi connectivity index (χ4n) is 2.33. The van der Waals surface area contributed by atoms with Gasteiger partial charge in [0.2, 0.25) is 0 Å². The van der Waals surface area contributed by atoms with Gasteiger partial charge in [0.1, 0.15) is 0 Å². The average Bonchev–Trinajstić information content (AvgIpc) is 2.30. The second-order valence-corrected chi connectivity index (χ2v) is 5.74. The highest BCUT2D eigenvalue weighted by Gasteiger charge is 2.31. The Bertz CT molecular complexity index is 450. The van der Waals surface area contributed by atoms with Crippen LogP contribution in [-0.2, 0) is 6.18 Å². The number of hydrogen-bond acceptors (Lipinski definition) is 2. The van der Waals surface area contributed by atoms with Crippen LogP contribution in [0.25, 0.3) is 0 Å². The minimum Gasteiger partial charge on any atom is -0.391 e. The van der Waals surface area contributed by atoms with E-state index < -0.39 is 17.8 Å². The second-order valence-electron chi connectivity index (χ2n) is 4.83. The number of hydrogen-bond donors (Lipinski definition) is 2. The highest BCUT2D eigenvalue weighted by Crippen LogP contribution is 2.34. The van der Waals surface area contributed by atoms with E-state index >= 15 is 0 Å². The molecule has 1 saturated carbocycles. The summed E-state index contributed by atoms with van der Waals surface area (Å²) in [4.78, 5) is 0. The zero-order valence-electron chi connectivity index (χ0n) is 10.2. The van der Waals surface area contributed by atoms with Crippen molar-refractivity contribution in [3.05, 3.63) is 28.2 Å². The second kappa shape index (κ2) is 5.71. The molecule has 1 aromatic rings. The van der Waals surface area contributed by atoms with E-state index in [9.17, 15) is 18.3 Å². The van der Waals surface area contributed by atoms with Crippen LogP contribution >= 0.6 is 15.9 Å². The van der Waals surface area contributed by atoms with Crippen molar-refractivity contribution in [3.63, 3.8) is 0 Å². The Hall–Kier alpha value is -0.750. The molecule has 0 saturated heterocycles. The predicted molar refractivity (Wildman–Crippen MR) is 71.0 cm³/mol. The molecule has 0 radical (unpaired) electrons.